The Hall–Kier alpha value is -0.620. The second-order valence-corrected chi connectivity index (χ2v) is 5.21. The molecule has 0 spiro atoms. The van der Waals surface area contributed by atoms with Crippen LogP contribution in [0.4, 0.5) is 0 Å². The van der Waals surface area contributed by atoms with Crippen LogP contribution in [0.25, 0.3) is 0 Å². The Morgan fingerprint density at radius 3 is 2.81 bits per heavy atom. The lowest BCUT2D eigenvalue weighted by Crippen LogP contribution is -2.28. The minimum absolute atomic E-state index is 0.162. The average molecular weight is 331 g/mol. The molecular weight excluding hydrogens is 317 g/mol. The van der Waals surface area contributed by atoms with Gasteiger partial charge in [0.05, 0.1) is 6.10 Å². The second kappa shape index (κ2) is 5.63. The van der Waals surface area contributed by atoms with Gasteiger partial charge in [0.15, 0.2) is 0 Å². The summed E-state index contributed by atoms with van der Waals surface area (Å²) in [6.07, 6.45) is 4.69. The number of carbonyl (C=O) groups is 1. The Balaban J connectivity index is 1.87. The summed E-state index contributed by atoms with van der Waals surface area (Å²) in [5.74, 6) is -0.162. The molecule has 1 aromatic rings. The highest BCUT2D eigenvalue weighted by Gasteiger charge is 2.17. The van der Waals surface area contributed by atoms with E-state index in [1.54, 1.807) is 6.07 Å². The summed E-state index contributed by atoms with van der Waals surface area (Å²) in [5.41, 5.74) is 3.17. The van der Waals surface area contributed by atoms with Crippen molar-refractivity contribution in [2.24, 2.45) is 0 Å². The molecule has 0 unspecified atom stereocenters. The molecule has 1 aliphatic carbocycles. The molecule has 0 heterocycles. The molecular formula is C12H14INO2. The zero-order valence-electron chi connectivity index (χ0n) is 8.91. The maximum absolute atomic E-state index is 11.7. The van der Waals surface area contributed by atoms with Crippen LogP contribution in [0, 0.1) is 3.57 Å². The van der Waals surface area contributed by atoms with E-state index in [9.17, 15) is 4.79 Å². The largest absolute Gasteiger partial charge is 0.274 e. The fourth-order valence-corrected chi connectivity index (χ4v) is 2.37. The molecule has 0 saturated heterocycles. The lowest BCUT2D eigenvalue weighted by atomic mass is 10.2. The average Bonchev–Trinajstić information content (AvgIpc) is 2.78. The minimum Gasteiger partial charge on any atom is -0.270 e. The highest BCUT2D eigenvalue weighted by molar-refractivity contribution is 14.1. The van der Waals surface area contributed by atoms with Crippen LogP contribution in [0.5, 0.6) is 0 Å². The second-order valence-electron chi connectivity index (χ2n) is 3.97. The molecule has 1 aliphatic rings. The van der Waals surface area contributed by atoms with Gasteiger partial charge in [-0.05, 0) is 53.6 Å². The summed E-state index contributed by atoms with van der Waals surface area (Å²) in [6, 6.07) is 7.45. The van der Waals surface area contributed by atoms with Gasteiger partial charge in [0.1, 0.15) is 0 Å². The highest BCUT2D eigenvalue weighted by Crippen LogP contribution is 2.20. The smallest absolute Gasteiger partial charge is 0.270 e. The number of halogens is 1. The van der Waals surface area contributed by atoms with E-state index in [-0.39, 0.29) is 12.0 Å². The summed E-state index contributed by atoms with van der Waals surface area (Å²) in [5, 5.41) is 0. The van der Waals surface area contributed by atoms with Crippen molar-refractivity contribution in [3.05, 3.63) is 33.4 Å². The molecule has 0 atom stereocenters. The Morgan fingerprint density at radius 1 is 1.38 bits per heavy atom. The third-order valence-corrected chi connectivity index (χ3v) is 3.38. The van der Waals surface area contributed by atoms with Crippen molar-refractivity contribution in [1.29, 1.82) is 0 Å². The summed E-state index contributed by atoms with van der Waals surface area (Å²) in [6.45, 7) is 0. The number of hydrogen-bond donors (Lipinski definition) is 1. The van der Waals surface area contributed by atoms with Crippen LogP contribution in [0.1, 0.15) is 36.0 Å². The maximum atomic E-state index is 11.7. The first kappa shape index (κ1) is 11.9. The van der Waals surface area contributed by atoms with Crippen LogP contribution in [-0.4, -0.2) is 12.0 Å². The molecule has 16 heavy (non-hydrogen) atoms. The van der Waals surface area contributed by atoms with Crippen molar-refractivity contribution < 1.29 is 9.63 Å². The quantitative estimate of drug-likeness (QED) is 0.683. The van der Waals surface area contributed by atoms with Gasteiger partial charge in [-0.2, -0.15) is 0 Å². The van der Waals surface area contributed by atoms with Crippen molar-refractivity contribution in [3.8, 4) is 0 Å². The number of hydrogen-bond acceptors (Lipinski definition) is 2. The molecule has 86 valence electrons. The Morgan fingerprint density at radius 2 is 2.12 bits per heavy atom. The normalized spacial score (nSPS) is 16.3. The lowest BCUT2D eigenvalue weighted by Gasteiger charge is -2.11. The van der Waals surface area contributed by atoms with Gasteiger partial charge in [-0.25, -0.2) is 5.48 Å². The molecule has 0 aromatic heterocycles. The number of hydroxylamine groups is 1. The Kier molecular flexibility index (Phi) is 4.17. The molecule has 1 N–H and O–H groups in total. The molecule has 1 saturated carbocycles. The zero-order valence-corrected chi connectivity index (χ0v) is 11.1. The van der Waals surface area contributed by atoms with E-state index < -0.39 is 0 Å². The van der Waals surface area contributed by atoms with Crippen molar-refractivity contribution >= 4 is 28.5 Å². The molecule has 1 amide bonds. The topological polar surface area (TPSA) is 38.3 Å². The maximum Gasteiger partial charge on any atom is 0.274 e. The van der Waals surface area contributed by atoms with E-state index in [0.29, 0.717) is 5.56 Å². The van der Waals surface area contributed by atoms with E-state index >= 15 is 0 Å². The Labute approximate surface area is 109 Å². The van der Waals surface area contributed by atoms with Crippen LogP contribution < -0.4 is 5.48 Å². The van der Waals surface area contributed by atoms with E-state index in [1.165, 1.54) is 12.8 Å². The first-order valence-electron chi connectivity index (χ1n) is 5.47. The molecule has 2 rings (SSSR count). The van der Waals surface area contributed by atoms with Crippen molar-refractivity contribution in [3.63, 3.8) is 0 Å². The van der Waals surface area contributed by atoms with Crippen LogP contribution in [0.2, 0.25) is 0 Å². The summed E-state index contributed by atoms with van der Waals surface area (Å²) in [4.78, 5) is 17.1. The van der Waals surface area contributed by atoms with Crippen molar-refractivity contribution in [1.82, 2.24) is 5.48 Å². The lowest BCUT2D eigenvalue weighted by molar-refractivity contribution is -0.0124. The molecule has 4 heteroatoms. The first-order valence-corrected chi connectivity index (χ1v) is 6.55. The number of nitrogens with one attached hydrogen (secondary N) is 1. The molecule has 0 aliphatic heterocycles. The van der Waals surface area contributed by atoms with Crippen LogP contribution in [-0.2, 0) is 4.84 Å². The summed E-state index contributed by atoms with van der Waals surface area (Å²) < 4.78 is 1.05. The number of rotatable bonds is 3. The minimum atomic E-state index is -0.162. The fraction of sp³-hybridized carbons (Fsp3) is 0.417. The summed E-state index contributed by atoms with van der Waals surface area (Å²) in [7, 11) is 0. The third kappa shape index (κ3) is 3.18. The van der Waals surface area contributed by atoms with Crippen molar-refractivity contribution in [2.45, 2.75) is 31.8 Å². The van der Waals surface area contributed by atoms with Crippen LogP contribution in [0.15, 0.2) is 24.3 Å². The molecule has 1 fully saturated rings. The molecule has 0 radical (unpaired) electrons. The Bertz CT molecular complexity index is 375. The fourth-order valence-electron chi connectivity index (χ4n) is 1.83. The predicted molar refractivity (Wildman–Crippen MR) is 70.0 cm³/mol. The zero-order chi connectivity index (χ0) is 11.4. The SMILES string of the molecule is O=C(NOC1CCCC1)c1cccc(I)c1. The predicted octanol–water partition coefficient (Wildman–Crippen LogP) is 2.90. The van der Waals surface area contributed by atoms with Gasteiger partial charge in [-0.3, -0.25) is 9.63 Å². The molecule has 3 nitrogen and oxygen atoms in total. The highest BCUT2D eigenvalue weighted by atomic mass is 127. The van der Waals surface area contributed by atoms with Gasteiger partial charge in [0.25, 0.3) is 5.91 Å². The monoisotopic (exact) mass is 331 g/mol. The van der Waals surface area contributed by atoms with Gasteiger partial charge in [0.2, 0.25) is 0 Å². The van der Waals surface area contributed by atoms with Gasteiger partial charge < -0.3 is 0 Å². The number of carbonyl (C=O) groups excluding carboxylic acids is 1. The van der Waals surface area contributed by atoms with Gasteiger partial charge >= 0.3 is 0 Å². The van der Waals surface area contributed by atoms with Gasteiger partial charge in [0, 0.05) is 9.13 Å². The van der Waals surface area contributed by atoms with E-state index in [0.717, 1.165) is 16.4 Å². The van der Waals surface area contributed by atoms with E-state index in [2.05, 4.69) is 28.1 Å². The molecule has 1 aromatic carbocycles. The van der Waals surface area contributed by atoms with Gasteiger partial charge in [-0.1, -0.05) is 18.9 Å². The van der Waals surface area contributed by atoms with E-state index in [1.807, 2.05) is 18.2 Å². The first-order chi connectivity index (χ1) is 7.75. The molecule has 0 bridgehead atoms. The standard InChI is InChI=1S/C12H14INO2/c13-10-5-3-4-9(8-10)12(15)14-16-11-6-1-2-7-11/h3-5,8,11H,1-2,6-7H2,(H,14,15). The number of benzene rings is 1. The summed E-state index contributed by atoms with van der Waals surface area (Å²) >= 11 is 2.18. The van der Waals surface area contributed by atoms with Crippen LogP contribution >= 0.6 is 22.6 Å². The van der Waals surface area contributed by atoms with Crippen molar-refractivity contribution in [2.75, 3.05) is 0 Å². The number of amides is 1. The third-order valence-electron chi connectivity index (χ3n) is 2.71. The van der Waals surface area contributed by atoms with Crippen LogP contribution in [0.3, 0.4) is 0 Å². The van der Waals surface area contributed by atoms with Gasteiger partial charge in [-0.15, -0.1) is 0 Å². The van der Waals surface area contributed by atoms with E-state index in [4.69, 9.17) is 4.84 Å².